The fourth-order valence-corrected chi connectivity index (χ4v) is 3.10. The smallest absolute Gasteiger partial charge is 0.239 e. The summed E-state index contributed by atoms with van der Waals surface area (Å²) in [4.78, 5) is 11.8. The van der Waals surface area contributed by atoms with Gasteiger partial charge in [-0.3, -0.25) is 10.1 Å². The third-order valence-corrected chi connectivity index (χ3v) is 4.48. The Hall–Kier alpha value is -1.35. The van der Waals surface area contributed by atoms with Gasteiger partial charge < -0.3 is 5.73 Å². The second-order valence-corrected chi connectivity index (χ2v) is 6.51. The van der Waals surface area contributed by atoms with Gasteiger partial charge >= 0.3 is 0 Å². The Balaban J connectivity index is 2.08. The highest BCUT2D eigenvalue weighted by molar-refractivity contribution is 5.81. The minimum atomic E-state index is -0.366. The zero-order valence-electron chi connectivity index (χ0n) is 13.3. The maximum atomic E-state index is 11.8. The van der Waals surface area contributed by atoms with E-state index < -0.39 is 0 Å². The number of nitrogens with one attached hydrogen (secondary N) is 1. The van der Waals surface area contributed by atoms with Crippen LogP contribution in [0.5, 0.6) is 0 Å². The minimum absolute atomic E-state index is 0.281. The summed E-state index contributed by atoms with van der Waals surface area (Å²) in [6.07, 6.45) is 7.40. The van der Waals surface area contributed by atoms with Crippen LogP contribution in [-0.4, -0.2) is 11.9 Å². The number of hydrogen-bond donors (Lipinski definition) is 2. The van der Waals surface area contributed by atoms with Gasteiger partial charge in [0.05, 0.1) is 0 Å². The van der Waals surface area contributed by atoms with E-state index in [2.05, 4.69) is 31.3 Å². The summed E-state index contributed by atoms with van der Waals surface area (Å²) in [5, 5.41) is 3.49. The third-order valence-electron chi connectivity index (χ3n) is 4.48. The lowest BCUT2D eigenvalue weighted by molar-refractivity contribution is -0.120. The van der Waals surface area contributed by atoms with Crippen molar-refractivity contribution in [1.29, 1.82) is 0 Å². The Morgan fingerprint density at radius 1 is 1.05 bits per heavy atom. The molecular weight excluding hydrogens is 260 g/mol. The van der Waals surface area contributed by atoms with Gasteiger partial charge in [-0.25, -0.2) is 0 Å². The van der Waals surface area contributed by atoms with Gasteiger partial charge in [0.15, 0.2) is 0 Å². The normalized spacial score (nSPS) is 18.4. The number of primary amides is 1. The molecule has 3 heteroatoms. The first kappa shape index (κ1) is 16.0. The molecule has 0 bridgehead atoms. The predicted molar refractivity (Wildman–Crippen MR) is 87.1 cm³/mol. The topological polar surface area (TPSA) is 55.1 Å². The van der Waals surface area contributed by atoms with Gasteiger partial charge in [-0.05, 0) is 29.9 Å². The quantitative estimate of drug-likeness (QED) is 0.813. The molecule has 0 radical (unpaired) electrons. The molecule has 0 heterocycles. The third kappa shape index (κ3) is 4.57. The van der Waals surface area contributed by atoms with Crippen molar-refractivity contribution in [3.63, 3.8) is 0 Å². The first-order valence-electron chi connectivity index (χ1n) is 8.23. The molecule has 0 aliphatic heterocycles. The maximum absolute atomic E-state index is 11.8. The molecule has 1 aliphatic rings. The highest BCUT2D eigenvalue weighted by Crippen LogP contribution is 2.23. The molecule has 1 fully saturated rings. The van der Waals surface area contributed by atoms with Gasteiger partial charge in [0, 0.05) is 6.04 Å². The van der Waals surface area contributed by atoms with E-state index in [0.717, 1.165) is 18.4 Å². The van der Waals surface area contributed by atoms with Gasteiger partial charge in [-0.15, -0.1) is 0 Å². The summed E-state index contributed by atoms with van der Waals surface area (Å²) < 4.78 is 0. The molecule has 0 aromatic heterocycles. The van der Waals surface area contributed by atoms with Crippen molar-refractivity contribution in [2.24, 2.45) is 5.73 Å². The summed E-state index contributed by atoms with van der Waals surface area (Å²) in [5.41, 5.74) is 7.89. The van der Waals surface area contributed by atoms with Crippen LogP contribution in [0.25, 0.3) is 0 Å². The minimum Gasteiger partial charge on any atom is -0.368 e. The van der Waals surface area contributed by atoms with Crippen LogP contribution in [-0.2, 0) is 4.79 Å². The molecule has 1 saturated carbocycles. The number of nitrogens with two attached hydrogens (primary N) is 1. The van der Waals surface area contributed by atoms with Gasteiger partial charge in [-0.2, -0.15) is 0 Å². The molecule has 2 rings (SSSR count). The van der Waals surface area contributed by atoms with Gasteiger partial charge in [0.1, 0.15) is 6.04 Å². The van der Waals surface area contributed by atoms with Crippen LogP contribution in [0.4, 0.5) is 0 Å². The fourth-order valence-electron chi connectivity index (χ4n) is 3.10. The number of carbonyl (C=O) groups excluding carboxylic acids is 1. The summed E-state index contributed by atoms with van der Waals surface area (Å²) >= 11 is 0. The van der Waals surface area contributed by atoms with E-state index >= 15 is 0 Å². The second-order valence-electron chi connectivity index (χ2n) is 6.51. The standard InChI is InChI=1S/C18H28N2O/c1-13(2)14-9-11-15(12-10-14)17(18(19)21)20-16-7-5-3-4-6-8-16/h9-13,16-17,20H,3-8H2,1-2H3,(H2,19,21). The summed E-state index contributed by atoms with van der Waals surface area (Å²) in [6, 6.07) is 8.32. The number of carbonyl (C=O) groups is 1. The van der Waals surface area contributed by atoms with Crippen LogP contribution in [0.1, 0.15) is 75.5 Å². The zero-order chi connectivity index (χ0) is 15.2. The van der Waals surface area contributed by atoms with E-state index in [1.54, 1.807) is 0 Å². The first-order valence-corrected chi connectivity index (χ1v) is 8.23. The van der Waals surface area contributed by atoms with Crippen molar-refractivity contribution < 1.29 is 4.79 Å². The van der Waals surface area contributed by atoms with E-state index in [1.807, 2.05) is 12.1 Å². The summed E-state index contributed by atoms with van der Waals surface area (Å²) in [6.45, 7) is 4.34. The zero-order valence-corrected chi connectivity index (χ0v) is 13.3. The van der Waals surface area contributed by atoms with Crippen LogP contribution >= 0.6 is 0 Å². The molecule has 21 heavy (non-hydrogen) atoms. The number of rotatable bonds is 5. The number of hydrogen-bond acceptors (Lipinski definition) is 2. The molecule has 1 aliphatic carbocycles. The Morgan fingerprint density at radius 2 is 1.57 bits per heavy atom. The second kappa shape index (κ2) is 7.60. The molecule has 0 spiro atoms. The van der Waals surface area contributed by atoms with Crippen molar-refractivity contribution in [1.82, 2.24) is 5.32 Å². The first-order chi connectivity index (χ1) is 10.1. The molecule has 1 aromatic rings. The van der Waals surface area contributed by atoms with Crippen molar-refractivity contribution in [2.75, 3.05) is 0 Å². The molecule has 3 N–H and O–H groups in total. The molecule has 1 aromatic carbocycles. The van der Waals surface area contributed by atoms with Crippen molar-refractivity contribution >= 4 is 5.91 Å². The predicted octanol–water partition coefficient (Wildman–Crippen LogP) is 3.65. The Kier molecular flexibility index (Phi) is 5.80. The van der Waals surface area contributed by atoms with Crippen LogP contribution in [0, 0.1) is 0 Å². The van der Waals surface area contributed by atoms with Crippen molar-refractivity contribution in [3.8, 4) is 0 Å². The molecule has 3 nitrogen and oxygen atoms in total. The molecule has 1 atom stereocenters. The molecule has 1 amide bonds. The molecule has 0 saturated heterocycles. The number of benzene rings is 1. The summed E-state index contributed by atoms with van der Waals surface area (Å²) in [5.74, 6) is 0.220. The maximum Gasteiger partial charge on any atom is 0.239 e. The average Bonchev–Trinajstić information content (AvgIpc) is 2.73. The van der Waals surface area contributed by atoms with Crippen LogP contribution in [0.3, 0.4) is 0 Å². The molecular formula is C18H28N2O. The highest BCUT2D eigenvalue weighted by Gasteiger charge is 2.22. The highest BCUT2D eigenvalue weighted by atomic mass is 16.1. The van der Waals surface area contributed by atoms with E-state index in [9.17, 15) is 4.79 Å². The largest absolute Gasteiger partial charge is 0.368 e. The Bertz CT molecular complexity index is 445. The Labute approximate surface area is 128 Å². The van der Waals surface area contributed by atoms with Crippen LogP contribution < -0.4 is 11.1 Å². The molecule has 1 unspecified atom stereocenters. The molecule has 116 valence electrons. The van der Waals surface area contributed by atoms with Gasteiger partial charge in [0.2, 0.25) is 5.91 Å². The van der Waals surface area contributed by atoms with E-state index in [4.69, 9.17) is 5.73 Å². The van der Waals surface area contributed by atoms with E-state index in [1.165, 1.54) is 31.2 Å². The lowest BCUT2D eigenvalue weighted by Gasteiger charge is -2.23. The fraction of sp³-hybridized carbons (Fsp3) is 0.611. The van der Waals surface area contributed by atoms with E-state index in [-0.39, 0.29) is 11.9 Å². The summed E-state index contributed by atoms with van der Waals surface area (Å²) in [7, 11) is 0. The van der Waals surface area contributed by atoms with Crippen LogP contribution in [0.15, 0.2) is 24.3 Å². The van der Waals surface area contributed by atoms with E-state index in [0.29, 0.717) is 12.0 Å². The van der Waals surface area contributed by atoms with Gasteiger partial charge in [0.25, 0.3) is 0 Å². The van der Waals surface area contributed by atoms with Crippen LogP contribution in [0.2, 0.25) is 0 Å². The monoisotopic (exact) mass is 288 g/mol. The average molecular weight is 288 g/mol. The van der Waals surface area contributed by atoms with Crippen molar-refractivity contribution in [2.45, 2.75) is 70.4 Å². The Morgan fingerprint density at radius 3 is 2.05 bits per heavy atom. The lowest BCUT2D eigenvalue weighted by atomic mass is 9.97. The van der Waals surface area contributed by atoms with Gasteiger partial charge in [-0.1, -0.05) is 63.8 Å². The lowest BCUT2D eigenvalue weighted by Crippen LogP contribution is -2.39. The number of amides is 1. The van der Waals surface area contributed by atoms with Crippen molar-refractivity contribution in [3.05, 3.63) is 35.4 Å². The SMILES string of the molecule is CC(C)c1ccc(C(NC2CCCCCC2)C(N)=O)cc1.